The first-order valence-corrected chi connectivity index (χ1v) is 6.75. The largest absolute Gasteiger partial charge is 0.496 e. The molecule has 2 atom stereocenters. The predicted molar refractivity (Wildman–Crippen MR) is 79.4 cm³/mol. The molecule has 1 saturated heterocycles. The molecule has 0 radical (unpaired) electrons. The number of aromatic nitrogens is 1. The molecule has 1 aromatic carbocycles. The summed E-state index contributed by atoms with van der Waals surface area (Å²) in [6.07, 6.45) is 1.97. The predicted octanol–water partition coefficient (Wildman–Crippen LogP) is 1.64. The van der Waals surface area contributed by atoms with Crippen molar-refractivity contribution in [3.8, 4) is 5.75 Å². The topological polar surface area (TPSA) is 55.4 Å². The van der Waals surface area contributed by atoms with E-state index in [0.29, 0.717) is 0 Å². The minimum absolute atomic E-state index is 0.165. The highest BCUT2D eigenvalue weighted by atomic mass is 16.5. The van der Waals surface area contributed by atoms with Gasteiger partial charge in [-0.05, 0) is 12.1 Å². The van der Waals surface area contributed by atoms with E-state index in [4.69, 9.17) is 9.47 Å². The molecule has 2 aromatic rings. The number of pyridine rings is 1. The van der Waals surface area contributed by atoms with Gasteiger partial charge in [-0.15, -0.1) is 0 Å². The van der Waals surface area contributed by atoms with Crippen LogP contribution in [0.5, 0.6) is 5.75 Å². The number of nitrogens with one attached hydrogen (secondary N) is 2. The number of hydrogen-bond donors (Lipinski definition) is 2. The summed E-state index contributed by atoms with van der Waals surface area (Å²) in [5, 5.41) is 8.93. The lowest BCUT2D eigenvalue weighted by molar-refractivity contribution is 0.111. The van der Waals surface area contributed by atoms with Crippen molar-refractivity contribution in [1.82, 2.24) is 10.3 Å². The van der Waals surface area contributed by atoms with Crippen LogP contribution in [0.15, 0.2) is 30.5 Å². The van der Waals surface area contributed by atoms with Crippen LogP contribution in [-0.2, 0) is 4.74 Å². The summed E-state index contributed by atoms with van der Waals surface area (Å²) in [5.41, 5.74) is 0. The standard InChI is InChI=1S/C15H19N3O2/c1-19-13-5-3-4-11-10(13)6-7-17-15(11)18-12-8-16-9-14(12)20-2/h3-7,12,14,16H,8-9H2,1-2H3,(H,17,18)/t12?,14-/m0/s1. The molecule has 1 aromatic heterocycles. The molecular formula is C15H19N3O2. The van der Waals surface area contributed by atoms with Crippen LogP contribution >= 0.6 is 0 Å². The van der Waals surface area contributed by atoms with Gasteiger partial charge in [-0.2, -0.15) is 0 Å². The minimum Gasteiger partial charge on any atom is -0.496 e. The monoisotopic (exact) mass is 273 g/mol. The molecule has 0 spiro atoms. The fourth-order valence-electron chi connectivity index (χ4n) is 2.69. The lowest BCUT2D eigenvalue weighted by atomic mass is 10.1. The molecule has 5 heteroatoms. The molecule has 1 unspecified atom stereocenters. The van der Waals surface area contributed by atoms with Gasteiger partial charge in [0.1, 0.15) is 11.6 Å². The molecule has 0 aliphatic carbocycles. The van der Waals surface area contributed by atoms with E-state index in [9.17, 15) is 0 Å². The van der Waals surface area contributed by atoms with E-state index in [-0.39, 0.29) is 12.1 Å². The van der Waals surface area contributed by atoms with Crippen LogP contribution < -0.4 is 15.4 Å². The normalized spacial score (nSPS) is 22.1. The maximum atomic E-state index is 5.48. The van der Waals surface area contributed by atoms with Gasteiger partial charge < -0.3 is 20.1 Å². The van der Waals surface area contributed by atoms with Crippen molar-refractivity contribution in [2.24, 2.45) is 0 Å². The summed E-state index contributed by atoms with van der Waals surface area (Å²) >= 11 is 0. The second-order valence-electron chi connectivity index (χ2n) is 4.90. The van der Waals surface area contributed by atoms with E-state index < -0.39 is 0 Å². The molecule has 0 amide bonds. The quantitative estimate of drug-likeness (QED) is 0.887. The van der Waals surface area contributed by atoms with Crippen molar-refractivity contribution in [3.05, 3.63) is 30.5 Å². The lowest BCUT2D eigenvalue weighted by Crippen LogP contribution is -2.33. The number of hydrogen-bond acceptors (Lipinski definition) is 5. The van der Waals surface area contributed by atoms with Crippen molar-refractivity contribution in [2.45, 2.75) is 12.1 Å². The van der Waals surface area contributed by atoms with Gasteiger partial charge in [0.25, 0.3) is 0 Å². The molecule has 0 bridgehead atoms. The van der Waals surface area contributed by atoms with Gasteiger partial charge >= 0.3 is 0 Å². The highest BCUT2D eigenvalue weighted by Crippen LogP contribution is 2.29. The maximum absolute atomic E-state index is 5.48. The van der Waals surface area contributed by atoms with Crippen LogP contribution in [0.3, 0.4) is 0 Å². The number of anilines is 1. The molecule has 20 heavy (non-hydrogen) atoms. The van der Waals surface area contributed by atoms with E-state index in [1.807, 2.05) is 18.2 Å². The first-order valence-electron chi connectivity index (χ1n) is 6.75. The first kappa shape index (κ1) is 13.1. The third kappa shape index (κ3) is 2.30. The van der Waals surface area contributed by atoms with Crippen LogP contribution in [0.25, 0.3) is 10.8 Å². The third-order valence-corrected chi connectivity index (χ3v) is 3.77. The molecule has 1 fully saturated rings. The molecule has 1 aliphatic heterocycles. The van der Waals surface area contributed by atoms with E-state index in [2.05, 4.69) is 21.7 Å². The zero-order chi connectivity index (χ0) is 13.9. The number of benzene rings is 1. The van der Waals surface area contributed by atoms with E-state index >= 15 is 0 Å². The van der Waals surface area contributed by atoms with E-state index in [1.165, 1.54) is 0 Å². The lowest BCUT2D eigenvalue weighted by Gasteiger charge is -2.20. The Morgan fingerprint density at radius 3 is 2.90 bits per heavy atom. The van der Waals surface area contributed by atoms with Crippen LogP contribution in [0.4, 0.5) is 5.82 Å². The van der Waals surface area contributed by atoms with Crippen LogP contribution in [0.2, 0.25) is 0 Å². The van der Waals surface area contributed by atoms with Gasteiger partial charge in [0, 0.05) is 37.2 Å². The molecule has 1 aliphatic rings. The summed E-state index contributed by atoms with van der Waals surface area (Å²) in [6, 6.07) is 8.19. The van der Waals surface area contributed by atoms with Crippen molar-refractivity contribution < 1.29 is 9.47 Å². The zero-order valence-corrected chi connectivity index (χ0v) is 11.7. The second-order valence-corrected chi connectivity index (χ2v) is 4.90. The highest BCUT2D eigenvalue weighted by molar-refractivity contribution is 5.95. The van der Waals surface area contributed by atoms with Gasteiger partial charge in [0.15, 0.2) is 0 Å². The molecule has 2 N–H and O–H groups in total. The number of nitrogens with zero attached hydrogens (tertiary/aromatic N) is 1. The Balaban J connectivity index is 1.95. The second kappa shape index (κ2) is 5.64. The Morgan fingerprint density at radius 1 is 1.20 bits per heavy atom. The molecule has 5 nitrogen and oxygen atoms in total. The number of rotatable bonds is 4. The number of fused-ring (bicyclic) bond motifs is 1. The summed E-state index contributed by atoms with van der Waals surface area (Å²) in [5.74, 6) is 1.73. The van der Waals surface area contributed by atoms with Gasteiger partial charge in [-0.1, -0.05) is 12.1 Å². The highest BCUT2D eigenvalue weighted by Gasteiger charge is 2.27. The third-order valence-electron chi connectivity index (χ3n) is 3.77. The Morgan fingerprint density at radius 2 is 2.10 bits per heavy atom. The van der Waals surface area contributed by atoms with Gasteiger partial charge in [-0.3, -0.25) is 0 Å². The summed E-state index contributed by atoms with van der Waals surface area (Å²) in [4.78, 5) is 4.46. The SMILES string of the molecule is COc1cccc2c(NC3CNC[C@@H]3OC)nccc12. The molecule has 0 saturated carbocycles. The number of methoxy groups -OCH3 is 2. The van der Waals surface area contributed by atoms with Gasteiger partial charge in [0.2, 0.25) is 0 Å². The molecule has 2 heterocycles. The Kier molecular flexibility index (Phi) is 3.71. The average molecular weight is 273 g/mol. The summed E-state index contributed by atoms with van der Waals surface area (Å²) < 4.78 is 10.9. The zero-order valence-electron chi connectivity index (χ0n) is 11.7. The first-order chi connectivity index (χ1) is 9.83. The Hall–Kier alpha value is -1.85. The maximum Gasteiger partial charge on any atom is 0.134 e. The van der Waals surface area contributed by atoms with Crippen LogP contribution in [0, 0.1) is 0 Å². The number of ether oxygens (including phenoxy) is 2. The van der Waals surface area contributed by atoms with Crippen molar-refractivity contribution in [1.29, 1.82) is 0 Å². The molecule has 3 rings (SSSR count). The summed E-state index contributed by atoms with van der Waals surface area (Å²) in [7, 11) is 3.43. The average Bonchev–Trinajstić information content (AvgIpc) is 2.94. The molecule has 106 valence electrons. The van der Waals surface area contributed by atoms with Crippen LogP contribution in [0.1, 0.15) is 0 Å². The molecular weight excluding hydrogens is 254 g/mol. The van der Waals surface area contributed by atoms with Crippen molar-refractivity contribution in [3.63, 3.8) is 0 Å². The van der Waals surface area contributed by atoms with Crippen LogP contribution in [-0.4, -0.2) is 44.4 Å². The fourth-order valence-corrected chi connectivity index (χ4v) is 2.69. The Labute approximate surface area is 118 Å². The van der Waals surface area contributed by atoms with Crippen molar-refractivity contribution >= 4 is 16.6 Å². The minimum atomic E-state index is 0.165. The van der Waals surface area contributed by atoms with Gasteiger partial charge in [-0.25, -0.2) is 4.98 Å². The van der Waals surface area contributed by atoms with Crippen molar-refractivity contribution in [2.75, 3.05) is 32.6 Å². The Bertz CT molecular complexity index is 603. The fraction of sp³-hybridized carbons (Fsp3) is 0.400. The smallest absolute Gasteiger partial charge is 0.134 e. The summed E-state index contributed by atoms with van der Waals surface area (Å²) in [6.45, 7) is 1.74. The van der Waals surface area contributed by atoms with Gasteiger partial charge in [0.05, 0.1) is 19.3 Å². The van der Waals surface area contributed by atoms with E-state index in [0.717, 1.165) is 35.4 Å². The van der Waals surface area contributed by atoms with E-state index in [1.54, 1.807) is 20.4 Å².